The van der Waals surface area contributed by atoms with Crippen molar-refractivity contribution in [3.63, 3.8) is 0 Å². The average Bonchev–Trinajstić information content (AvgIpc) is 3.31. The van der Waals surface area contributed by atoms with Gasteiger partial charge in [0.25, 0.3) is 10.1 Å². The molecular formula is C49H66N10Na2O7S2. The van der Waals surface area contributed by atoms with E-state index in [0.29, 0.717) is 42.0 Å². The zero-order chi connectivity index (χ0) is 48.6. The van der Waals surface area contributed by atoms with Gasteiger partial charge in [-0.15, -0.1) is 5.11 Å². The summed E-state index contributed by atoms with van der Waals surface area (Å²) in [4.78, 5) is 12.8. The number of rotatable bonds is 32. The van der Waals surface area contributed by atoms with Gasteiger partial charge >= 0.3 is 59.1 Å². The van der Waals surface area contributed by atoms with E-state index in [-0.39, 0.29) is 86.4 Å². The largest absolute Gasteiger partial charge is 1.00 e. The van der Waals surface area contributed by atoms with Crippen molar-refractivity contribution in [1.82, 2.24) is 15.0 Å². The summed E-state index contributed by atoms with van der Waals surface area (Å²) in [5.41, 5.74) is 0.820. The zero-order valence-corrected chi connectivity index (χ0v) is 47.0. The fourth-order valence-electron chi connectivity index (χ4n) is 7.54. The van der Waals surface area contributed by atoms with E-state index in [1.165, 1.54) is 151 Å². The van der Waals surface area contributed by atoms with Crippen molar-refractivity contribution in [3.8, 4) is 5.75 Å². The molecule has 0 aliphatic rings. The number of nitrogens with one attached hydrogen (secondary N) is 3. The molecule has 4 aromatic carbocycles. The summed E-state index contributed by atoms with van der Waals surface area (Å²) in [5.74, 6) is 0.319. The van der Waals surface area contributed by atoms with Crippen molar-refractivity contribution in [2.45, 2.75) is 152 Å². The fraction of sp³-hybridized carbons (Fsp3) is 0.490. The van der Waals surface area contributed by atoms with Crippen LogP contribution in [0.5, 0.6) is 5.75 Å². The van der Waals surface area contributed by atoms with Crippen LogP contribution in [0.2, 0.25) is 0 Å². The molecule has 0 bridgehead atoms. The van der Waals surface area contributed by atoms with Crippen LogP contribution in [0, 0.1) is 0 Å². The summed E-state index contributed by atoms with van der Waals surface area (Å²) in [6, 6.07) is 16.9. The molecule has 0 spiro atoms. The Balaban J connectivity index is 0.00000648. The summed E-state index contributed by atoms with van der Waals surface area (Å²) < 4.78 is 69.0. The molecule has 1 aromatic heterocycles. The first-order chi connectivity index (χ1) is 32.8. The number of hydrogen-bond acceptors (Lipinski definition) is 16. The van der Waals surface area contributed by atoms with Gasteiger partial charge in [-0.25, -0.2) is 8.42 Å². The molecule has 0 aliphatic carbocycles. The van der Waals surface area contributed by atoms with E-state index in [4.69, 9.17) is 0 Å². The smallest absolute Gasteiger partial charge is 0.871 e. The minimum Gasteiger partial charge on any atom is -0.871 e. The van der Waals surface area contributed by atoms with Crippen LogP contribution in [-0.4, -0.2) is 54.0 Å². The molecule has 70 heavy (non-hydrogen) atoms. The summed E-state index contributed by atoms with van der Waals surface area (Å²) >= 11 is 0. The predicted octanol–water partition coefficient (Wildman–Crippen LogP) is 7.50. The molecule has 0 aliphatic heterocycles. The van der Waals surface area contributed by atoms with Crippen LogP contribution in [0.3, 0.4) is 0 Å². The van der Waals surface area contributed by atoms with E-state index < -0.39 is 36.6 Å². The summed E-state index contributed by atoms with van der Waals surface area (Å²) in [5, 5.41) is 40.1. The molecule has 0 atom stereocenters. The quantitative estimate of drug-likeness (QED) is 0.0141. The van der Waals surface area contributed by atoms with Gasteiger partial charge in [0.05, 0.1) is 27.6 Å². The van der Waals surface area contributed by atoms with Gasteiger partial charge in [-0.1, -0.05) is 141 Å². The third-order valence-electron chi connectivity index (χ3n) is 11.3. The topological polar surface area (TPSA) is 259 Å². The average molecular weight is 1020 g/mol. The molecule has 17 nitrogen and oxygen atoms in total. The van der Waals surface area contributed by atoms with Crippen LogP contribution in [0.15, 0.2) is 103 Å². The Bertz CT molecular complexity index is 2580. The minimum absolute atomic E-state index is 0. The van der Waals surface area contributed by atoms with Gasteiger partial charge in [0.15, 0.2) is 0 Å². The van der Waals surface area contributed by atoms with E-state index >= 15 is 0 Å². The van der Waals surface area contributed by atoms with Gasteiger partial charge < -0.3 is 25.6 Å². The molecule has 5 rings (SSSR count). The van der Waals surface area contributed by atoms with Crippen molar-refractivity contribution < 1.29 is 90.2 Å². The van der Waals surface area contributed by atoms with Crippen LogP contribution >= 0.6 is 0 Å². The molecule has 21 heteroatoms. The fourth-order valence-corrected chi connectivity index (χ4v) is 8.66. The first-order valence-corrected chi connectivity index (χ1v) is 26.9. The first kappa shape index (κ1) is 60.7. The van der Waals surface area contributed by atoms with Crippen LogP contribution in [0.1, 0.15) is 142 Å². The Kier molecular flexibility index (Phi) is 28.1. The SMILES string of the molecule is CCCCCCCCCCCCNc1nc(NCCCCCCCCCCCC)nc(Nc2ccc3c([O-])c(N=Nc4ccc(N=Nc5ccc(S(=O)(=O)[O-])cc5)cc4)c(S(=O)(=O)O)cc3c2)n1.[Na+].[Na+]. The van der Waals surface area contributed by atoms with E-state index in [1.807, 2.05) is 0 Å². The van der Waals surface area contributed by atoms with Crippen molar-refractivity contribution in [1.29, 1.82) is 0 Å². The van der Waals surface area contributed by atoms with E-state index in [0.717, 1.165) is 37.8 Å². The molecule has 1 heterocycles. The van der Waals surface area contributed by atoms with Crippen LogP contribution < -0.4 is 80.2 Å². The van der Waals surface area contributed by atoms with E-state index in [9.17, 15) is 31.0 Å². The predicted molar refractivity (Wildman–Crippen MR) is 266 cm³/mol. The number of anilines is 4. The second-order valence-corrected chi connectivity index (χ2v) is 19.7. The number of aromatic nitrogens is 3. The number of nitrogens with zero attached hydrogens (tertiary/aromatic N) is 7. The van der Waals surface area contributed by atoms with Gasteiger partial charge in [0, 0.05) is 18.8 Å². The molecule has 4 N–H and O–H groups in total. The molecule has 5 aromatic rings. The van der Waals surface area contributed by atoms with Gasteiger partial charge in [0.1, 0.15) is 15.0 Å². The molecule has 0 saturated carbocycles. The maximum atomic E-state index is 13.7. The second-order valence-electron chi connectivity index (χ2n) is 17.0. The van der Waals surface area contributed by atoms with Gasteiger partial charge in [-0.05, 0) is 90.3 Å². The minimum atomic E-state index is -4.93. The standard InChI is InChI=1S/C49H68N10O7S2.2Na/c1-3-5-7-9-11-13-15-17-19-21-33-50-47-53-48(51-34-22-20-18-16-14-12-10-8-6-4-2)55-49(54-47)52-41-29-32-43-37(35-41)36-44(68(64,65)66)45(46(43)60)59-58-39-25-23-38(24-26-39)56-57-40-27-30-42(31-28-40)67(61,62)63;;/h23-32,35-36,60H,3-22,33-34H2,1-2H3,(H,61,62,63)(H,64,65,66)(H3,50,51,52,53,54,55);;/q;2*+1/p-2. The summed E-state index contributed by atoms with van der Waals surface area (Å²) in [6.45, 7) is 5.88. The zero-order valence-electron chi connectivity index (χ0n) is 41.3. The number of benzene rings is 4. The third-order valence-corrected chi connectivity index (χ3v) is 13.1. The number of hydrogen-bond donors (Lipinski definition) is 4. The number of fused-ring (bicyclic) bond motifs is 1. The van der Waals surface area contributed by atoms with E-state index in [1.54, 1.807) is 12.1 Å². The Morgan fingerprint density at radius 3 is 1.36 bits per heavy atom. The molecule has 0 unspecified atom stereocenters. The third kappa shape index (κ3) is 21.6. The van der Waals surface area contributed by atoms with E-state index in [2.05, 4.69) is 65.2 Å². The second kappa shape index (κ2) is 32.4. The Hall–Kier alpha value is -3.63. The van der Waals surface area contributed by atoms with Crippen molar-refractivity contribution >= 4 is 77.3 Å². The van der Waals surface area contributed by atoms with Crippen molar-refractivity contribution in [2.24, 2.45) is 20.5 Å². The Labute approximate surface area is 458 Å². The molecule has 0 saturated heterocycles. The normalized spacial score (nSPS) is 11.8. The number of azo groups is 2. The van der Waals surface area contributed by atoms with Crippen LogP contribution in [0.25, 0.3) is 10.8 Å². The molecule has 0 amide bonds. The van der Waals surface area contributed by atoms with Crippen LogP contribution in [-0.2, 0) is 20.2 Å². The summed E-state index contributed by atoms with van der Waals surface area (Å²) in [6.07, 6.45) is 24.7. The maximum absolute atomic E-state index is 13.7. The van der Waals surface area contributed by atoms with Crippen LogP contribution in [0.4, 0.5) is 46.3 Å². The maximum Gasteiger partial charge on any atom is 1.00 e. The molecular weight excluding hydrogens is 951 g/mol. The molecule has 0 radical (unpaired) electrons. The van der Waals surface area contributed by atoms with Gasteiger partial charge in [-0.3, -0.25) is 4.55 Å². The van der Waals surface area contributed by atoms with Crippen molar-refractivity contribution in [2.75, 3.05) is 29.0 Å². The first-order valence-electron chi connectivity index (χ1n) is 24.1. The van der Waals surface area contributed by atoms with Gasteiger partial charge in [-0.2, -0.15) is 38.7 Å². The van der Waals surface area contributed by atoms with Crippen molar-refractivity contribution in [3.05, 3.63) is 72.8 Å². The number of unbranched alkanes of at least 4 members (excludes halogenated alkanes) is 18. The monoisotopic (exact) mass is 1020 g/mol. The molecule has 368 valence electrons. The Morgan fingerprint density at radius 1 is 0.529 bits per heavy atom. The van der Waals surface area contributed by atoms with Gasteiger partial charge in [0.2, 0.25) is 17.8 Å². The molecule has 0 fully saturated rings. The summed E-state index contributed by atoms with van der Waals surface area (Å²) in [7, 11) is -9.53. The Morgan fingerprint density at radius 2 is 0.929 bits per heavy atom.